The van der Waals surface area contributed by atoms with E-state index in [1.54, 1.807) is 12.1 Å². The minimum Gasteiger partial charge on any atom is -0.354 e. The third kappa shape index (κ3) is 4.94. The Kier molecular flexibility index (Phi) is 7.50. The second-order valence-electron chi connectivity index (χ2n) is 9.42. The maximum atomic E-state index is 14.2. The van der Waals surface area contributed by atoms with Gasteiger partial charge >= 0.3 is 0 Å². The molecule has 0 radical (unpaired) electrons. The number of benzene rings is 3. The Labute approximate surface area is 202 Å². The van der Waals surface area contributed by atoms with Crippen LogP contribution in [0.1, 0.15) is 36.0 Å². The van der Waals surface area contributed by atoms with Gasteiger partial charge in [0.15, 0.2) is 0 Å². The number of H-pyrrole nitrogens is 1. The summed E-state index contributed by atoms with van der Waals surface area (Å²) in [5.74, 6) is -0.191. The van der Waals surface area contributed by atoms with E-state index >= 15 is 0 Å². The van der Waals surface area contributed by atoms with Crippen molar-refractivity contribution in [3.8, 4) is 11.1 Å². The number of nitrogens with one attached hydrogen (secondary N) is 1. The van der Waals surface area contributed by atoms with Crippen LogP contribution in [0.5, 0.6) is 0 Å². The monoisotopic (exact) mass is 457 g/mol. The number of rotatable bonds is 10. The van der Waals surface area contributed by atoms with Crippen molar-refractivity contribution in [3.05, 3.63) is 83.7 Å². The lowest BCUT2D eigenvalue weighted by atomic mass is 9.89. The van der Waals surface area contributed by atoms with Gasteiger partial charge in [-0.25, -0.2) is 14.4 Å². The molecular formula is C30H36FN3. The van der Waals surface area contributed by atoms with Crippen LogP contribution < -0.4 is 0 Å². The van der Waals surface area contributed by atoms with Gasteiger partial charge in [0, 0.05) is 43.5 Å². The van der Waals surface area contributed by atoms with Crippen LogP contribution >= 0.6 is 0 Å². The van der Waals surface area contributed by atoms with E-state index in [1.165, 1.54) is 27.4 Å². The third-order valence-electron chi connectivity index (χ3n) is 6.93. The van der Waals surface area contributed by atoms with Gasteiger partial charge in [0.25, 0.3) is 0 Å². The highest BCUT2D eigenvalue weighted by atomic mass is 19.1. The molecule has 0 atom stereocenters. The van der Waals surface area contributed by atoms with Crippen LogP contribution in [0.2, 0.25) is 0 Å². The van der Waals surface area contributed by atoms with Crippen molar-refractivity contribution < 1.29 is 4.39 Å². The fraction of sp³-hybridized carbons (Fsp3) is 0.333. The molecule has 3 nitrogen and oxygen atoms in total. The van der Waals surface area contributed by atoms with E-state index in [-0.39, 0.29) is 5.82 Å². The van der Waals surface area contributed by atoms with Gasteiger partial charge in [-0.15, -0.1) is 6.58 Å². The molecule has 0 saturated heterocycles. The highest BCUT2D eigenvalue weighted by molar-refractivity contribution is 6.10. The van der Waals surface area contributed by atoms with Crippen molar-refractivity contribution >= 4 is 21.8 Å². The molecule has 1 aromatic heterocycles. The number of hydrazine groups is 1. The molecule has 4 heteroatoms. The molecule has 1 heterocycles. The summed E-state index contributed by atoms with van der Waals surface area (Å²) in [6.45, 7) is 10.1. The summed E-state index contributed by atoms with van der Waals surface area (Å²) < 4.78 is 14.2. The normalized spacial score (nSPS) is 11.9. The van der Waals surface area contributed by atoms with Gasteiger partial charge in [-0.2, -0.15) is 0 Å². The molecule has 0 fully saturated rings. The van der Waals surface area contributed by atoms with Crippen molar-refractivity contribution in [3.63, 3.8) is 0 Å². The third-order valence-corrected chi connectivity index (χ3v) is 6.93. The molecule has 0 unspecified atom stereocenters. The molecule has 0 aliphatic rings. The van der Waals surface area contributed by atoms with Crippen LogP contribution in [0.15, 0.2) is 61.2 Å². The van der Waals surface area contributed by atoms with Crippen LogP contribution in [0.4, 0.5) is 4.39 Å². The number of hydrogen-bond acceptors (Lipinski definition) is 2. The first-order chi connectivity index (χ1) is 16.4. The number of unbranched alkanes of at least 4 members (excludes halogenated alkanes) is 1. The Morgan fingerprint density at radius 3 is 2.50 bits per heavy atom. The summed E-state index contributed by atoms with van der Waals surface area (Å²) in [4.78, 5) is 3.68. The van der Waals surface area contributed by atoms with Gasteiger partial charge in [0.1, 0.15) is 5.82 Å². The summed E-state index contributed by atoms with van der Waals surface area (Å²) in [6, 6.07) is 15.8. The number of halogens is 1. The minimum absolute atomic E-state index is 0.191. The van der Waals surface area contributed by atoms with E-state index in [2.05, 4.69) is 79.9 Å². The molecule has 34 heavy (non-hydrogen) atoms. The average Bonchev–Trinajstić information content (AvgIpc) is 3.19. The largest absolute Gasteiger partial charge is 0.354 e. The van der Waals surface area contributed by atoms with Crippen molar-refractivity contribution in [2.75, 3.05) is 27.2 Å². The zero-order chi connectivity index (χ0) is 24.2. The zero-order valence-corrected chi connectivity index (χ0v) is 20.9. The van der Waals surface area contributed by atoms with Gasteiger partial charge in [0.2, 0.25) is 0 Å². The summed E-state index contributed by atoms with van der Waals surface area (Å²) in [5.41, 5.74) is 8.15. The lowest BCUT2D eigenvalue weighted by Crippen LogP contribution is -2.38. The number of aromatic nitrogens is 1. The predicted molar refractivity (Wildman–Crippen MR) is 144 cm³/mol. The fourth-order valence-corrected chi connectivity index (χ4v) is 4.98. The van der Waals surface area contributed by atoms with Crippen molar-refractivity contribution in [1.29, 1.82) is 0 Å². The van der Waals surface area contributed by atoms with Gasteiger partial charge in [-0.3, -0.25) is 0 Å². The van der Waals surface area contributed by atoms with Crippen LogP contribution in [-0.2, 0) is 6.42 Å². The SMILES string of the molecule is C=CCCN(CCCCc1c(C)c(-c2cc(F)ccc2C)cc2c1[nH]c1ccccc12)N(C)C. The minimum atomic E-state index is -0.191. The molecule has 1 N–H and O–H groups in total. The Morgan fingerprint density at radius 2 is 1.74 bits per heavy atom. The first-order valence-corrected chi connectivity index (χ1v) is 12.2. The van der Waals surface area contributed by atoms with Crippen LogP contribution in [0, 0.1) is 19.7 Å². The average molecular weight is 458 g/mol. The summed E-state index contributed by atoms with van der Waals surface area (Å²) in [7, 11) is 4.21. The molecule has 0 spiro atoms. The van der Waals surface area contributed by atoms with E-state index in [9.17, 15) is 4.39 Å². The van der Waals surface area contributed by atoms with Gasteiger partial charge < -0.3 is 4.98 Å². The second kappa shape index (κ2) is 10.5. The summed E-state index contributed by atoms with van der Waals surface area (Å²) >= 11 is 0. The Hall–Kier alpha value is -2.95. The highest BCUT2D eigenvalue weighted by Gasteiger charge is 2.17. The quantitative estimate of drug-likeness (QED) is 0.152. The number of hydrogen-bond donors (Lipinski definition) is 1. The first kappa shape index (κ1) is 24.2. The molecule has 178 valence electrons. The smallest absolute Gasteiger partial charge is 0.123 e. The lowest BCUT2D eigenvalue weighted by molar-refractivity contribution is 0.0254. The van der Waals surface area contributed by atoms with Gasteiger partial charge in [-0.1, -0.05) is 30.3 Å². The zero-order valence-electron chi connectivity index (χ0n) is 20.9. The standard InChI is InChI=1S/C30H36FN3/c1-6-7-17-34(33(4)5)18-11-10-12-24-22(3)27(26-19-23(31)16-15-21(26)2)20-28-25-13-8-9-14-29(25)32-30(24)28/h6,8-9,13-16,19-20,32H,1,7,10-12,17-18H2,2-5H3. The molecular weight excluding hydrogens is 421 g/mol. The Balaban J connectivity index is 1.71. The van der Waals surface area contributed by atoms with Crippen molar-refractivity contribution in [2.24, 2.45) is 0 Å². The maximum Gasteiger partial charge on any atom is 0.123 e. The number of para-hydroxylation sites is 1. The Bertz CT molecular complexity index is 1300. The molecule has 0 saturated carbocycles. The van der Waals surface area contributed by atoms with Crippen LogP contribution in [0.25, 0.3) is 32.9 Å². The topological polar surface area (TPSA) is 22.3 Å². The van der Waals surface area contributed by atoms with Gasteiger partial charge in [0.05, 0.1) is 5.52 Å². The molecule has 4 rings (SSSR count). The second-order valence-corrected chi connectivity index (χ2v) is 9.42. The maximum absolute atomic E-state index is 14.2. The molecule has 4 aromatic rings. The molecule has 0 aliphatic carbocycles. The highest BCUT2D eigenvalue weighted by Crippen LogP contribution is 2.38. The van der Waals surface area contributed by atoms with E-state index < -0.39 is 0 Å². The first-order valence-electron chi connectivity index (χ1n) is 12.2. The fourth-order valence-electron chi connectivity index (χ4n) is 4.98. The van der Waals surface area contributed by atoms with E-state index in [4.69, 9.17) is 0 Å². The summed E-state index contributed by atoms with van der Waals surface area (Å²) in [5, 5.41) is 6.99. The summed E-state index contributed by atoms with van der Waals surface area (Å²) in [6.07, 6.45) is 6.16. The molecule has 0 aliphatic heterocycles. The number of fused-ring (bicyclic) bond motifs is 3. The van der Waals surface area contributed by atoms with Crippen LogP contribution in [0.3, 0.4) is 0 Å². The molecule has 3 aromatic carbocycles. The van der Waals surface area contributed by atoms with E-state index in [0.717, 1.165) is 61.0 Å². The van der Waals surface area contributed by atoms with Crippen molar-refractivity contribution in [2.45, 2.75) is 39.5 Å². The van der Waals surface area contributed by atoms with Crippen LogP contribution in [-0.4, -0.2) is 42.2 Å². The molecule has 0 amide bonds. The molecule has 0 bridgehead atoms. The number of aromatic amines is 1. The van der Waals surface area contributed by atoms with E-state index in [0.29, 0.717) is 0 Å². The number of aryl methyl sites for hydroxylation is 2. The van der Waals surface area contributed by atoms with Crippen molar-refractivity contribution in [1.82, 2.24) is 15.0 Å². The predicted octanol–water partition coefficient (Wildman–Crippen LogP) is 7.42. The van der Waals surface area contributed by atoms with E-state index in [1.807, 2.05) is 12.1 Å². The van der Waals surface area contributed by atoms with Gasteiger partial charge in [-0.05, 0) is 91.6 Å². The lowest BCUT2D eigenvalue weighted by Gasteiger charge is -2.28. The Morgan fingerprint density at radius 1 is 0.941 bits per heavy atom. The number of nitrogens with zero attached hydrogens (tertiary/aromatic N) is 2.